The first-order chi connectivity index (χ1) is 15.7. The van der Waals surface area contributed by atoms with E-state index >= 15 is 0 Å². The third-order valence-electron chi connectivity index (χ3n) is 5.09. The number of rotatable bonds is 6. The Bertz CT molecular complexity index is 1100. The normalized spacial score (nSPS) is 15.1. The molecule has 3 aromatic rings. The molecule has 1 unspecified atom stereocenters. The van der Waals surface area contributed by atoms with Crippen LogP contribution in [0.5, 0.6) is 5.75 Å². The van der Waals surface area contributed by atoms with E-state index in [0.717, 1.165) is 11.3 Å². The number of amides is 2. The molecule has 2 N–H and O–H groups in total. The summed E-state index contributed by atoms with van der Waals surface area (Å²) in [6.07, 6.45) is 0.420. The molecule has 0 aliphatic carbocycles. The van der Waals surface area contributed by atoms with Crippen molar-refractivity contribution in [2.24, 2.45) is 5.10 Å². The number of anilines is 1. The molecule has 162 valence electrons. The number of carbonyl (C=O) groups is 2. The Morgan fingerprint density at radius 3 is 2.19 bits per heavy atom. The highest BCUT2D eigenvalue weighted by Crippen LogP contribution is 2.34. The van der Waals surface area contributed by atoms with Crippen molar-refractivity contribution in [3.63, 3.8) is 0 Å². The van der Waals surface area contributed by atoms with Crippen molar-refractivity contribution in [3.8, 4) is 5.75 Å². The summed E-state index contributed by atoms with van der Waals surface area (Å²) in [7, 11) is 0. The molecule has 0 aromatic heterocycles. The number of hydrazine groups is 1. The van der Waals surface area contributed by atoms with Crippen LogP contribution in [0.25, 0.3) is 0 Å². The van der Waals surface area contributed by atoms with Crippen LogP contribution in [0.1, 0.15) is 35.3 Å². The van der Waals surface area contributed by atoms with Crippen LogP contribution in [-0.2, 0) is 4.79 Å². The first-order valence-electron chi connectivity index (χ1n) is 10.5. The fraction of sp³-hybridized carbons (Fsp3) is 0.160. The summed E-state index contributed by atoms with van der Waals surface area (Å²) >= 11 is 0. The zero-order valence-corrected chi connectivity index (χ0v) is 17.7. The molecule has 0 radical (unpaired) electrons. The second-order valence-electron chi connectivity index (χ2n) is 7.22. The van der Waals surface area contributed by atoms with Gasteiger partial charge in [-0.25, -0.2) is 0 Å². The number of nitrogens with zero attached hydrogens (tertiary/aromatic N) is 2. The summed E-state index contributed by atoms with van der Waals surface area (Å²) in [4.78, 5) is 25.2. The Morgan fingerprint density at radius 2 is 1.53 bits per heavy atom. The van der Waals surface area contributed by atoms with Crippen molar-refractivity contribution in [2.45, 2.75) is 19.4 Å². The van der Waals surface area contributed by atoms with Gasteiger partial charge in [0, 0.05) is 12.0 Å². The lowest BCUT2D eigenvalue weighted by atomic mass is 10.0. The van der Waals surface area contributed by atoms with E-state index in [1.54, 1.807) is 24.3 Å². The number of ether oxygens (including phenoxy) is 1. The number of hydrogen-bond donors (Lipinski definition) is 2. The van der Waals surface area contributed by atoms with E-state index in [1.165, 1.54) is 0 Å². The molecular formula is C25H24N4O3. The van der Waals surface area contributed by atoms with Crippen LogP contribution in [0, 0.1) is 0 Å². The molecular weight excluding hydrogens is 404 g/mol. The molecule has 1 heterocycles. The second kappa shape index (κ2) is 9.78. The fourth-order valence-corrected chi connectivity index (χ4v) is 3.53. The average Bonchev–Trinajstić information content (AvgIpc) is 3.30. The summed E-state index contributed by atoms with van der Waals surface area (Å²) in [6.45, 7) is 2.44. The third-order valence-corrected chi connectivity index (χ3v) is 5.09. The van der Waals surface area contributed by atoms with Crippen LogP contribution in [0.3, 0.4) is 0 Å². The van der Waals surface area contributed by atoms with Gasteiger partial charge in [0.05, 0.1) is 18.3 Å². The Hall–Kier alpha value is -4.13. The van der Waals surface area contributed by atoms with Gasteiger partial charge < -0.3 is 4.74 Å². The molecule has 32 heavy (non-hydrogen) atoms. The number of hydrogen-bond acceptors (Lipinski definition) is 5. The minimum Gasteiger partial charge on any atom is -0.494 e. The summed E-state index contributed by atoms with van der Waals surface area (Å²) < 4.78 is 5.38. The molecule has 2 amide bonds. The minimum atomic E-state index is -0.441. The van der Waals surface area contributed by atoms with Crippen LogP contribution in [0.2, 0.25) is 0 Å². The maximum Gasteiger partial charge on any atom is 0.285 e. The first-order valence-corrected chi connectivity index (χ1v) is 10.5. The van der Waals surface area contributed by atoms with Gasteiger partial charge in [-0.1, -0.05) is 48.5 Å². The van der Waals surface area contributed by atoms with Gasteiger partial charge >= 0.3 is 0 Å². The molecule has 3 aromatic carbocycles. The molecule has 0 fully saturated rings. The highest BCUT2D eigenvalue weighted by Gasteiger charge is 2.32. The molecule has 1 aliphatic rings. The molecule has 1 aliphatic heterocycles. The summed E-state index contributed by atoms with van der Waals surface area (Å²) in [5.74, 6) is -0.176. The van der Waals surface area contributed by atoms with Crippen molar-refractivity contribution < 1.29 is 14.3 Å². The molecule has 4 rings (SSSR count). The van der Waals surface area contributed by atoms with Crippen molar-refractivity contribution in [1.82, 2.24) is 10.9 Å². The van der Waals surface area contributed by atoms with Gasteiger partial charge in [0.1, 0.15) is 11.5 Å². The monoisotopic (exact) mass is 428 g/mol. The number of hydrazone groups is 1. The van der Waals surface area contributed by atoms with Gasteiger partial charge in [0.25, 0.3) is 11.8 Å². The molecule has 0 saturated carbocycles. The van der Waals surface area contributed by atoms with Crippen LogP contribution in [0.15, 0.2) is 90.0 Å². The van der Waals surface area contributed by atoms with E-state index in [9.17, 15) is 9.59 Å². The van der Waals surface area contributed by atoms with Gasteiger partial charge in [0.15, 0.2) is 0 Å². The van der Waals surface area contributed by atoms with Crippen LogP contribution in [-0.4, -0.2) is 24.1 Å². The molecule has 7 heteroatoms. The highest BCUT2D eigenvalue weighted by atomic mass is 16.5. The van der Waals surface area contributed by atoms with E-state index in [0.29, 0.717) is 30.1 Å². The zero-order valence-electron chi connectivity index (χ0n) is 17.7. The number of para-hydroxylation sites is 1. The minimum absolute atomic E-state index is 0.110. The Kier molecular flexibility index (Phi) is 6.46. The SMILES string of the molecule is CCOc1ccc(C(=O)NNC(=O)C2=NN(c3ccccc3)C(c3ccccc3)C2)cc1. The highest BCUT2D eigenvalue weighted by molar-refractivity contribution is 6.39. The van der Waals surface area contributed by atoms with Gasteiger partial charge in [-0.2, -0.15) is 5.10 Å². The average molecular weight is 428 g/mol. The maximum atomic E-state index is 12.8. The second-order valence-corrected chi connectivity index (χ2v) is 7.22. The fourth-order valence-electron chi connectivity index (χ4n) is 3.53. The standard InChI is InChI=1S/C25H24N4O3/c1-2-32-21-15-13-19(14-16-21)24(30)26-27-25(31)22-17-23(18-9-5-3-6-10-18)29(28-22)20-11-7-4-8-12-20/h3-16,23H,2,17H2,1H3,(H,26,30)(H,27,31). The summed E-state index contributed by atoms with van der Waals surface area (Å²) in [6, 6.07) is 26.2. The van der Waals surface area contributed by atoms with Gasteiger partial charge in [-0.3, -0.25) is 25.4 Å². The van der Waals surface area contributed by atoms with Gasteiger partial charge in [0.2, 0.25) is 0 Å². The number of benzene rings is 3. The Morgan fingerprint density at radius 1 is 0.906 bits per heavy atom. The van der Waals surface area contributed by atoms with Gasteiger partial charge in [-0.05, 0) is 48.9 Å². The zero-order chi connectivity index (χ0) is 22.3. The smallest absolute Gasteiger partial charge is 0.285 e. The lowest BCUT2D eigenvalue weighted by Crippen LogP contribution is -2.44. The van der Waals surface area contributed by atoms with E-state index in [2.05, 4.69) is 16.0 Å². The predicted molar refractivity (Wildman–Crippen MR) is 123 cm³/mol. The summed E-state index contributed by atoms with van der Waals surface area (Å²) in [5, 5.41) is 6.41. The van der Waals surface area contributed by atoms with Gasteiger partial charge in [-0.15, -0.1) is 0 Å². The van der Waals surface area contributed by atoms with Crippen LogP contribution >= 0.6 is 0 Å². The topological polar surface area (TPSA) is 83.0 Å². The number of nitrogens with one attached hydrogen (secondary N) is 2. The van der Waals surface area contributed by atoms with E-state index in [1.807, 2.05) is 72.6 Å². The largest absolute Gasteiger partial charge is 0.494 e. The first kappa shape index (κ1) is 21.1. The molecule has 1 atom stereocenters. The Labute approximate surface area is 186 Å². The van der Waals surface area contributed by atoms with E-state index in [4.69, 9.17) is 4.74 Å². The molecule has 0 saturated heterocycles. The van der Waals surface area contributed by atoms with Crippen molar-refractivity contribution in [1.29, 1.82) is 0 Å². The number of carbonyl (C=O) groups excluding carboxylic acids is 2. The Balaban J connectivity index is 1.45. The van der Waals surface area contributed by atoms with Crippen LogP contribution in [0.4, 0.5) is 5.69 Å². The predicted octanol–water partition coefficient (Wildman–Crippen LogP) is 3.85. The third kappa shape index (κ3) is 4.78. The lowest BCUT2D eigenvalue weighted by Gasteiger charge is -2.23. The summed E-state index contributed by atoms with van der Waals surface area (Å²) in [5.41, 5.74) is 7.64. The van der Waals surface area contributed by atoms with E-state index < -0.39 is 11.8 Å². The lowest BCUT2D eigenvalue weighted by molar-refractivity contribution is -0.115. The molecule has 0 spiro atoms. The van der Waals surface area contributed by atoms with Crippen molar-refractivity contribution in [2.75, 3.05) is 11.6 Å². The van der Waals surface area contributed by atoms with Crippen molar-refractivity contribution in [3.05, 3.63) is 96.1 Å². The van der Waals surface area contributed by atoms with Crippen molar-refractivity contribution >= 4 is 23.2 Å². The molecule has 0 bridgehead atoms. The van der Waals surface area contributed by atoms with E-state index in [-0.39, 0.29) is 6.04 Å². The quantitative estimate of drug-likeness (QED) is 0.584. The molecule has 7 nitrogen and oxygen atoms in total. The maximum absolute atomic E-state index is 12.8. The van der Waals surface area contributed by atoms with Crippen LogP contribution < -0.4 is 20.6 Å².